The van der Waals surface area contributed by atoms with E-state index >= 15 is 0 Å². The molecule has 1 N–H and O–H groups in total. The topological polar surface area (TPSA) is 80.3 Å². The van der Waals surface area contributed by atoms with Crippen LogP contribution in [-0.4, -0.2) is 39.6 Å². The number of nitrogens with one attached hydrogen (secondary N) is 1. The molecule has 0 aliphatic carbocycles. The van der Waals surface area contributed by atoms with Crippen LogP contribution in [0.2, 0.25) is 5.02 Å². The van der Waals surface area contributed by atoms with E-state index in [1.165, 1.54) is 24.3 Å². The maximum Gasteiger partial charge on any atom is 0.183 e. The Kier molecular flexibility index (Phi) is 5.44. The third-order valence-electron chi connectivity index (χ3n) is 4.53. The second-order valence-electron chi connectivity index (χ2n) is 6.59. The van der Waals surface area contributed by atoms with Crippen molar-refractivity contribution in [1.29, 1.82) is 0 Å². The first-order valence-corrected chi connectivity index (χ1v) is 11.9. The maximum absolute atomic E-state index is 13.0. The zero-order valence-corrected chi connectivity index (χ0v) is 16.6. The summed E-state index contributed by atoms with van der Waals surface area (Å²) in [5.41, 5.74) is 2.10. The molecule has 1 aliphatic heterocycles. The first-order valence-electron chi connectivity index (χ1n) is 8.16. The second-order valence-corrected chi connectivity index (χ2v) is 11.3. The van der Waals surface area contributed by atoms with Crippen molar-refractivity contribution in [3.05, 3.63) is 64.7 Å². The van der Waals surface area contributed by atoms with Gasteiger partial charge in [0, 0.05) is 17.6 Å². The van der Waals surface area contributed by atoms with Gasteiger partial charge in [-0.25, -0.2) is 16.8 Å². The minimum absolute atomic E-state index is 0.0890. The molecule has 2 aromatic rings. The van der Waals surface area contributed by atoms with E-state index in [9.17, 15) is 16.8 Å². The van der Waals surface area contributed by atoms with Crippen LogP contribution in [0.15, 0.2) is 53.4 Å². The second kappa shape index (κ2) is 7.31. The van der Waals surface area contributed by atoms with Gasteiger partial charge in [0.2, 0.25) is 0 Å². The summed E-state index contributed by atoms with van der Waals surface area (Å²) in [4.78, 5) is 0.0890. The minimum atomic E-state index is -3.79. The number of hydrogen-bond donors (Lipinski definition) is 1. The molecular formula is C18H20ClNO4S2. The van der Waals surface area contributed by atoms with Gasteiger partial charge in [0.15, 0.2) is 19.7 Å². The van der Waals surface area contributed by atoms with Crippen molar-refractivity contribution >= 4 is 31.3 Å². The first kappa shape index (κ1) is 19.4. The zero-order valence-electron chi connectivity index (χ0n) is 14.2. The van der Waals surface area contributed by atoms with E-state index in [1.807, 2.05) is 31.2 Å². The molecule has 2 aromatic carbocycles. The Morgan fingerprint density at radius 2 is 1.65 bits per heavy atom. The highest BCUT2D eigenvalue weighted by Gasteiger charge is 2.45. The summed E-state index contributed by atoms with van der Waals surface area (Å²) in [6, 6.07) is 13.0. The van der Waals surface area contributed by atoms with Gasteiger partial charge in [0.1, 0.15) is 0 Å². The van der Waals surface area contributed by atoms with Crippen LogP contribution in [0.1, 0.15) is 11.1 Å². The third-order valence-corrected chi connectivity index (χ3v) is 8.95. The van der Waals surface area contributed by atoms with Gasteiger partial charge in [-0.2, -0.15) is 0 Å². The van der Waals surface area contributed by atoms with E-state index in [2.05, 4.69) is 5.32 Å². The number of aryl methyl sites for hydroxylation is 1. The average molecular weight is 414 g/mol. The number of rotatable bonds is 5. The van der Waals surface area contributed by atoms with E-state index in [4.69, 9.17) is 11.6 Å². The van der Waals surface area contributed by atoms with Gasteiger partial charge >= 0.3 is 0 Å². The summed E-state index contributed by atoms with van der Waals surface area (Å²) in [7, 11) is -7.21. The van der Waals surface area contributed by atoms with Crippen molar-refractivity contribution in [1.82, 2.24) is 5.32 Å². The largest absolute Gasteiger partial charge is 0.308 e. The van der Waals surface area contributed by atoms with Gasteiger partial charge in [-0.1, -0.05) is 41.4 Å². The summed E-state index contributed by atoms with van der Waals surface area (Å²) in [6.45, 7) is 2.39. The molecule has 2 atom stereocenters. The van der Waals surface area contributed by atoms with Crippen molar-refractivity contribution in [2.75, 3.05) is 11.5 Å². The Morgan fingerprint density at radius 1 is 1.04 bits per heavy atom. The van der Waals surface area contributed by atoms with Gasteiger partial charge in [-0.15, -0.1) is 0 Å². The first-order chi connectivity index (χ1) is 12.2. The van der Waals surface area contributed by atoms with Gasteiger partial charge < -0.3 is 5.32 Å². The van der Waals surface area contributed by atoms with Gasteiger partial charge in [-0.05, 0) is 36.8 Å². The van der Waals surface area contributed by atoms with Crippen LogP contribution in [0.25, 0.3) is 0 Å². The lowest BCUT2D eigenvalue weighted by atomic mass is 10.1. The molecule has 0 radical (unpaired) electrons. The number of hydrogen-bond acceptors (Lipinski definition) is 5. The minimum Gasteiger partial charge on any atom is -0.308 e. The van der Waals surface area contributed by atoms with Gasteiger partial charge in [0.05, 0.1) is 21.7 Å². The van der Waals surface area contributed by atoms with Crippen LogP contribution in [0, 0.1) is 6.92 Å². The van der Waals surface area contributed by atoms with Crippen molar-refractivity contribution in [3.63, 3.8) is 0 Å². The summed E-state index contributed by atoms with van der Waals surface area (Å²) >= 11 is 5.82. The number of sulfone groups is 2. The van der Waals surface area contributed by atoms with E-state index in [0.717, 1.165) is 11.1 Å². The molecule has 0 amide bonds. The molecule has 5 nitrogen and oxygen atoms in total. The molecule has 8 heteroatoms. The molecule has 0 saturated carbocycles. The molecule has 0 unspecified atom stereocenters. The van der Waals surface area contributed by atoms with Gasteiger partial charge in [0.25, 0.3) is 0 Å². The lowest BCUT2D eigenvalue weighted by molar-refractivity contribution is 0.526. The normalized spacial score (nSPS) is 22.4. The van der Waals surface area contributed by atoms with E-state index in [1.54, 1.807) is 0 Å². The van der Waals surface area contributed by atoms with Crippen LogP contribution >= 0.6 is 11.6 Å². The molecule has 0 bridgehead atoms. The SMILES string of the molecule is Cc1ccc(CN[C@H]2CS(=O)(=O)C[C@@H]2S(=O)(=O)c2ccc(Cl)cc2)cc1. The molecular weight excluding hydrogens is 394 g/mol. The Morgan fingerprint density at radius 3 is 2.27 bits per heavy atom. The molecule has 1 fully saturated rings. The summed E-state index contributed by atoms with van der Waals surface area (Å²) in [5, 5.41) is 2.54. The summed E-state index contributed by atoms with van der Waals surface area (Å²) in [5.74, 6) is -0.556. The highest BCUT2D eigenvalue weighted by molar-refractivity contribution is 7.96. The Bertz CT molecular complexity index is 984. The monoisotopic (exact) mass is 413 g/mol. The van der Waals surface area contributed by atoms with Crippen LogP contribution in [0.3, 0.4) is 0 Å². The molecule has 1 aliphatic rings. The third kappa shape index (κ3) is 4.28. The molecule has 0 aromatic heterocycles. The van der Waals surface area contributed by atoms with Crippen LogP contribution in [0.5, 0.6) is 0 Å². The zero-order chi connectivity index (χ0) is 18.9. The Labute approximate surface area is 159 Å². The van der Waals surface area contributed by atoms with E-state index in [0.29, 0.717) is 11.6 Å². The summed E-state index contributed by atoms with van der Waals surface area (Å²) < 4.78 is 50.1. The van der Waals surface area contributed by atoms with Crippen LogP contribution in [0.4, 0.5) is 0 Å². The van der Waals surface area contributed by atoms with Crippen molar-refractivity contribution in [3.8, 4) is 0 Å². The molecule has 1 heterocycles. The van der Waals surface area contributed by atoms with Crippen LogP contribution < -0.4 is 5.32 Å². The Balaban J connectivity index is 1.83. The van der Waals surface area contributed by atoms with E-state index in [-0.39, 0.29) is 16.4 Å². The predicted molar refractivity (Wildman–Crippen MR) is 103 cm³/mol. The van der Waals surface area contributed by atoms with Crippen molar-refractivity contribution in [2.45, 2.75) is 29.7 Å². The molecule has 3 rings (SSSR count). The lowest BCUT2D eigenvalue weighted by Gasteiger charge is -2.20. The molecule has 26 heavy (non-hydrogen) atoms. The standard InChI is InChI=1S/C18H20ClNO4S2/c1-13-2-4-14(5-3-13)10-20-17-11-25(21,22)12-18(17)26(23,24)16-8-6-15(19)7-9-16/h2-9,17-18,20H,10-12H2,1H3/t17-,18-/m0/s1. The number of benzene rings is 2. The Hall–Kier alpha value is -1.41. The van der Waals surface area contributed by atoms with Crippen molar-refractivity contribution in [2.24, 2.45) is 0 Å². The fourth-order valence-electron chi connectivity index (χ4n) is 3.07. The summed E-state index contributed by atoms with van der Waals surface area (Å²) in [6.07, 6.45) is 0. The molecule has 1 saturated heterocycles. The fraction of sp³-hybridized carbons (Fsp3) is 0.333. The fourth-order valence-corrected chi connectivity index (χ4v) is 7.91. The van der Waals surface area contributed by atoms with Crippen molar-refractivity contribution < 1.29 is 16.8 Å². The molecule has 0 spiro atoms. The smallest absolute Gasteiger partial charge is 0.183 e. The highest BCUT2D eigenvalue weighted by atomic mass is 35.5. The van der Waals surface area contributed by atoms with E-state index < -0.39 is 31.0 Å². The lowest BCUT2D eigenvalue weighted by Crippen LogP contribution is -2.43. The molecule has 140 valence electrons. The predicted octanol–water partition coefficient (Wildman–Crippen LogP) is 2.38. The van der Waals surface area contributed by atoms with Gasteiger partial charge in [-0.3, -0.25) is 0 Å². The highest BCUT2D eigenvalue weighted by Crippen LogP contribution is 2.27. The number of halogens is 1. The maximum atomic E-state index is 13.0. The average Bonchev–Trinajstić information content (AvgIpc) is 2.90. The van der Waals surface area contributed by atoms with Crippen LogP contribution in [-0.2, 0) is 26.2 Å². The quantitative estimate of drug-likeness (QED) is 0.813.